The largest absolute Gasteiger partial charge is 0.356 e. The number of rotatable bonds is 3. The Bertz CT molecular complexity index is 378. The third-order valence-electron chi connectivity index (χ3n) is 3.28. The fourth-order valence-electron chi connectivity index (χ4n) is 2.31. The first-order valence-corrected chi connectivity index (χ1v) is 7.14. The van der Waals surface area contributed by atoms with Crippen LogP contribution in [0.15, 0.2) is 16.7 Å². The van der Waals surface area contributed by atoms with Crippen molar-refractivity contribution in [1.82, 2.24) is 4.98 Å². The van der Waals surface area contributed by atoms with E-state index in [2.05, 4.69) is 25.8 Å². The fourth-order valence-corrected chi connectivity index (χ4v) is 3.20. The highest BCUT2D eigenvalue weighted by molar-refractivity contribution is 9.10. The number of pyridine rings is 1. The molecule has 0 spiro atoms. The molecular weight excluding hydrogens is 302 g/mol. The van der Waals surface area contributed by atoms with Gasteiger partial charge in [0.1, 0.15) is 5.82 Å². The Kier molecular flexibility index (Phi) is 4.65. The molecule has 5 heteroatoms. The maximum Gasteiger partial charge on any atom is 0.142 e. The predicted octanol–water partition coefficient (Wildman–Crippen LogP) is 3.06. The molecule has 3 nitrogen and oxygen atoms in total. The van der Waals surface area contributed by atoms with Crippen LogP contribution >= 0.6 is 27.5 Å². The van der Waals surface area contributed by atoms with Crippen LogP contribution in [0.4, 0.5) is 5.82 Å². The van der Waals surface area contributed by atoms with Gasteiger partial charge in [0.05, 0.1) is 9.50 Å². The van der Waals surface area contributed by atoms with Gasteiger partial charge in [-0.1, -0.05) is 11.6 Å². The molecule has 0 saturated carbocycles. The summed E-state index contributed by atoms with van der Waals surface area (Å²) in [6.45, 7) is 2.91. The Hall–Kier alpha value is -0.320. The number of nitrogens with zero attached hydrogens (tertiary/aromatic N) is 2. The van der Waals surface area contributed by atoms with Crippen LogP contribution in [0.1, 0.15) is 19.3 Å². The van der Waals surface area contributed by atoms with E-state index in [1.165, 1.54) is 12.8 Å². The zero-order valence-corrected chi connectivity index (χ0v) is 12.0. The van der Waals surface area contributed by atoms with Crippen LogP contribution in [0, 0.1) is 5.92 Å². The molecule has 2 N–H and O–H groups in total. The number of aromatic nitrogens is 1. The summed E-state index contributed by atoms with van der Waals surface area (Å²) in [5.74, 6) is 1.78. The summed E-state index contributed by atoms with van der Waals surface area (Å²) in [5.41, 5.74) is 5.60. The summed E-state index contributed by atoms with van der Waals surface area (Å²) in [4.78, 5) is 6.71. The Morgan fingerprint density at radius 1 is 1.47 bits per heavy atom. The highest BCUT2D eigenvalue weighted by atomic mass is 79.9. The highest BCUT2D eigenvalue weighted by Crippen LogP contribution is 2.30. The second kappa shape index (κ2) is 6.03. The maximum atomic E-state index is 5.90. The summed E-state index contributed by atoms with van der Waals surface area (Å²) < 4.78 is 0.974. The van der Waals surface area contributed by atoms with Crippen LogP contribution in [0.5, 0.6) is 0 Å². The monoisotopic (exact) mass is 317 g/mol. The van der Waals surface area contributed by atoms with Crippen LogP contribution in [-0.4, -0.2) is 24.6 Å². The smallest absolute Gasteiger partial charge is 0.142 e. The minimum absolute atomic E-state index is 0.665. The fraction of sp³-hybridized carbons (Fsp3) is 0.583. The van der Waals surface area contributed by atoms with Gasteiger partial charge in [-0.05, 0) is 53.7 Å². The molecule has 1 aliphatic rings. The van der Waals surface area contributed by atoms with Gasteiger partial charge in [0, 0.05) is 19.3 Å². The van der Waals surface area contributed by atoms with E-state index in [0.717, 1.165) is 42.3 Å². The van der Waals surface area contributed by atoms with Gasteiger partial charge in [-0.3, -0.25) is 0 Å². The summed E-state index contributed by atoms with van der Waals surface area (Å²) in [6.07, 6.45) is 5.25. The normalized spacial score (nSPS) is 17.5. The SMILES string of the molecule is NCCC1CCN(c2ncc(Cl)cc2Br)CC1. The summed E-state index contributed by atoms with van der Waals surface area (Å²) in [5, 5.41) is 0.665. The third-order valence-corrected chi connectivity index (χ3v) is 4.07. The summed E-state index contributed by atoms with van der Waals surface area (Å²) in [6, 6.07) is 1.90. The van der Waals surface area contributed by atoms with Crippen molar-refractivity contribution in [3.05, 3.63) is 21.8 Å². The number of nitrogens with two attached hydrogens (primary N) is 1. The van der Waals surface area contributed by atoms with E-state index in [1.807, 2.05) is 6.07 Å². The zero-order chi connectivity index (χ0) is 12.3. The van der Waals surface area contributed by atoms with Crippen molar-refractivity contribution < 1.29 is 0 Å². The molecule has 0 amide bonds. The molecule has 1 saturated heterocycles. The molecule has 1 fully saturated rings. The topological polar surface area (TPSA) is 42.1 Å². The van der Waals surface area contributed by atoms with E-state index in [0.29, 0.717) is 5.02 Å². The van der Waals surface area contributed by atoms with Gasteiger partial charge in [0.2, 0.25) is 0 Å². The third kappa shape index (κ3) is 3.33. The van der Waals surface area contributed by atoms with Gasteiger partial charge >= 0.3 is 0 Å². The van der Waals surface area contributed by atoms with E-state index in [9.17, 15) is 0 Å². The van der Waals surface area contributed by atoms with E-state index in [-0.39, 0.29) is 0 Å². The van der Waals surface area contributed by atoms with E-state index < -0.39 is 0 Å². The molecule has 1 aromatic rings. The van der Waals surface area contributed by atoms with Crippen molar-refractivity contribution >= 4 is 33.3 Å². The molecule has 2 heterocycles. The van der Waals surface area contributed by atoms with Crippen molar-refractivity contribution in [3.63, 3.8) is 0 Å². The standard InChI is InChI=1S/C12H17BrClN3/c13-11-7-10(14)8-16-12(11)17-5-2-9(1-4-15)3-6-17/h7-9H,1-6,15H2. The molecule has 2 rings (SSSR count). The average molecular weight is 319 g/mol. The minimum Gasteiger partial charge on any atom is -0.356 e. The van der Waals surface area contributed by atoms with Crippen LogP contribution in [0.2, 0.25) is 5.02 Å². The van der Waals surface area contributed by atoms with Crippen molar-refractivity contribution in [2.24, 2.45) is 11.7 Å². The Balaban J connectivity index is 2.00. The summed E-state index contributed by atoms with van der Waals surface area (Å²) in [7, 11) is 0. The lowest BCUT2D eigenvalue weighted by Crippen LogP contribution is -2.35. The predicted molar refractivity (Wildman–Crippen MR) is 75.6 cm³/mol. The Labute approximate surface area is 115 Å². The lowest BCUT2D eigenvalue weighted by molar-refractivity contribution is 0.385. The molecule has 0 bridgehead atoms. The molecule has 94 valence electrons. The first kappa shape index (κ1) is 13.1. The molecular formula is C12H17BrClN3. The first-order valence-electron chi connectivity index (χ1n) is 5.96. The molecule has 1 aromatic heterocycles. The van der Waals surface area contributed by atoms with E-state index >= 15 is 0 Å². The second-order valence-corrected chi connectivity index (χ2v) is 5.76. The molecule has 0 radical (unpaired) electrons. The van der Waals surface area contributed by atoms with Crippen LogP contribution in [0.25, 0.3) is 0 Å². The maximum absolute atomic E-state index is 5.90. The van der Waals surface area contributed by atoms with E-state index in [1.54, 1.807) is 6.20 Å². The molecule has 1 aliphatic heterocycles. The van der Waals surface area contributed by atoms with Gasteiger partial charge in [0.15, 0.2) is 0 Å². The van der Waals surface area contributed by atoms with Crippen molar-refractivity contribution in [3.8, 4) is 0 Å². The molecule has 0 aromatic carbocycles. The molecule has 0 atom stereocenters. The van der Waals surface area contributed by atoms with Crippen molar-refractivity contribution in [1.29, 1.82) is 0 Å². The number of hydrogen-bond donors (Lipinski definition) is 1. The van der Waals surface area contributed by atoms with Crippen LogP contribution in [0.3, 0.4) is 0 Å². The highest BCUT2D eigenvalue weighted by Gasteiger charge is 2.20. The lowest BCUT2D eigenvalue weighted by Gasteiger charge is -2.33. The van der Waals surface area contributed by atoms with Gasteiger partial charge in [-0.15, -0.1) is 0 Å². The van der Waals surface area contributed by atoms with Gasteiger partial charge in [-0.2, -0.15) is 0 Å². The van der Waals surface area contributed by atoms with Crippen LogP contribution in [-0.2, 0) is 0 Å². The zero-order valence-electron chi connectivity index (χ0n) is 9.70. The van der Waals surface area contributed by atoms with Crippen LogP contribution < -0.4 is 10.6 Å². The lowest BCUT2D eigenvalue weighted by atomic mass is 9.94. The Morgan fingerprint density at radius 2 is 2.18 bits per heavy atom. The number of piperidine rings is 1. The first-order chi connectivity index (χ1) is 8.20. The second-order valence-electron chi connectivity index (χ2n) is 4.47. The quantitative estimate of drug-likeness (QED) is 0.931. The molecule has 0 unspecified atom stereocenters. The number of anilines is 1. The number of hydrogen-bond acceptors (Lipinski definition) is 3. The molecule has 17 heavy (non-hydrogen) atoms. The van der Waals surface area contributed by atoms with Gasteiger partial charge in [-0.25, -0.2) is 4.98 Å². The van der Waals surface area contributed by atoms with Crippen molar-refractivity contribution in [2.75, 3.05) is 24.5 Å². The minimum atomic E-state index is 0.665. The van der Waals surface area contributed by atoms with E-state index in [4.69, 9.17) is 17.3 Å². The molecule has 0 aliphatic carbocycles. The Morgan fingerprint density at radius 3 is 2.76 bits per heavy atom. The average Bonchev–Trinajstić information content (AvgIpc) is 2.31. The van der Waals surface area contributed by atoms with Crippen molar-refractivity contribution in [2.45, 2.75) is 19.3 Å². The summed E-state index contributed by atoms with van der Waals surface area (Å²) >= 11 is 9.42. The van der Waals surface area contributed by atoms with Gasteiger partial charge < -0.3 is 10.6 Å². The van der Waals surface area contributed by atoms with Gasteiger partial charge in [0.25, 0.3) is 0 Å². The number of halogens is 2.